The summed E-state index contributed by atoms with van der Waals surface area (Å²) in [7, 11) is 0. The molecule has 0 atom stereocenters. The number of hydrogen-bond acceptors (Lipinski definition) is 3. The van der Waals surface area contributed by atoms with Gasteiger partial charge in [0.1, 0.15) is 0 Å². The quantitative estimate of drug-likeness (QED) is 0.163. The molecule has 11 aromatic rings. The van der Waals surface area contributed by atoms with Gasteiger partial charge in [0.25, 0.3) is 0 Å². The molecular weight excluding hydrogens is 739 g/mol. The Morgan fingerprint density at radius 3 is 1.48 bits per heavy atom. The minimum Gasteiger partial charge on any atom is -0.309 e. The van der Waals surface area contributed by atoms with E-state index in [-0.39, 0.29) is 0 Å². The zero-order chi connectivity index (χ0) is 38.2. The van der Waals surface area contributed by atoms with Crippen LogP contribution >= 0.6 is 22.7 Å². The average molecular weight is 774 g/mol. The molecule has 0 radical (unpaired) electrons. The maximum atomic E-state index is 2.54. The van der Waals surface area contributed by atoms with Crippen LogP contribution in [0.1, 0.15) is 11.1 Å². The molecule has 0 bridgehead atoms. The van der Waals surface area contributed by atoms with Crippen molar-refractivity contribution in [1.29, 1.82) is 0 Å². The zero-order valence-corrected chi connectivity index (χ0v) is 33.2. The summed E-state index contributed by atoms with van der Waals surface area (Å²) in [6.45, 7) is 0. The molecule has 1 aliphatic rings. The van der Waals surface area contributed by atoms with E-state index in [9.17, 15) is 0 Å². The van der Waals surface area contributed by atoms with E-state index in [2.05, 4.69) is 205 Å². The van der Waals surface area contributed by atoms with Gasteiger partial charge in [-0.25, -0.2) is 0 Å². The maximum Gasteiger partial charge on any atom is 0.0619 e. The van der Waals surface area contributed by atoms with Gasteiger partial charge in [0, 0.05) is 74.0 Å². The molecule has 0 fully saturated rings. The Kier molecular flexibility index (Phi) is 7.72. The monoisotopic (exact) mass is 773 g/mol. The topological polar surface area (TPSA) is 3.24 Å². The van der Waals surface area contributed by atoms with E-state index >= 15 is 0 Å². The minimum absolute atomic E-state index is 0.927. The van der Waals surface area contributed by atoms with Crippen LogP contribution in [0.15, 0.2) is 200 Å². The van der Waals surface area contributed by atoms with Gasteiger partial charge in [-0.2, -0.15) is 0 Å². The van der Waals surface area contributed by atoms with Gasteiger partial charge in [-0.1, -0.05) is 164 Å². The molecule has 2 heterocycles. The molecule has 1 nitrogen and oxygen atoms in total. The van der Waals surface area contributed by atoms with Gasteiger partial charge in [0.05, 0.1) is 5.69 Å². The first kappa shape index (κ1) is 33.4. The number of nitrogens with zero attached hydrogens (tertiary/aromatic N) is 1. The molecule has 0 aliphatic heterocycles. The minimum atomic E-state index is 0.927. The molecule has 9 aromatic carbocycles. The molecule has 3 heteroatoms. The molecule has 0 saturated heterocycles. The summed E-state index contributed by atoms with van der Waals surface area (Å²) < 4.78 is 5.24. The fourth-order valence-corrected chi connectivity index (χ4v) is 11.7. The number of para-hydroxylation sites is 1. The summed E-state index contributed by atoms with van der Waals surface area (Å²) in [4.78, 5) is 2.54. The van der Waals surface area contributed by atoms with Crippen molar-refractivity contribution in [3.8, 4) is 44.5 Å². The summed E-state index contributed by atoms with van der Waals surface area (Å²) in [5.74, 6) is 0. The SMILES string of the molecule is c1ccc(-c2ccc(N(c3ccc4c(c3)Cc3ccccc3-4)c3c(-c4cccc5c4sc4ccccc45)cccc3-c3cccc4c3sc3ccccc34)cc2)cc1. The van der Waals surface area contributed by atoms with Crippen molar-refractivity contribution in [2.24, 2.45) is 0 Å². The van der Waals surface area contributed by atoms with Crippen molar-refractivity contribution in [2.75, 3.05) is 4.90 Å². The summed E-state index contributed by atoms with van der Waals surface area (Å²) in [5.41, 5.74) is 16.2. The summed E-state index contributed by atoms with van der Waals surface area (Å²) in [6, 6.07) is 74.2. The number of fused-ring (bicyclic) bond motifs is 9. The van der Waals surface area contributed by atoms with E-state index in [1.165, 1.54) is 102 Å². The molecule has 58 heavy (non-hydrogen) atoms. The van der Waals surface area contributed by atoms with Crippen LogP contribution in [0.4, 0.5) is 17.1 Å². The number of rotatable bonds is 6. The first-order valence-corrected chi connectivity index (χ1v) is 21.5. The van der Waals surface area contributed by atoms with E-state index in [0.29, 0.717) is 0 Å². The highest BCUT2D eigenvalue weighted by Crippen LogP contribution is 2.52. The highest BCUT2D eigenvalue weighted by Gasteiger charge is 2.27. The van der Waals surface area contributed by atoms with Crippen LogP contribution < -0.4 is 4.90 Å². The summed E-state index contributed by atoms with van der Waals surface area (Å²) in [5, 5.41) is 5.22. The second-order valence-electron chi connectivity index (χ2n) is 15.2. The van der Waals surface area contributed by atoms with Gasteiger partial charge in [-0.05, 0) is 76.2 Å². The molecule has 0 N–H and O–H groups in total. The van der Waals surface area contributed by atoms with Crippen molar-refractivity contribution in [3.05, 3.63) is 211 Å². The second kappa shape index (κ2) is 13.4. The Bertz CT molecular complexity index is 3240. The largest absolute Gasteiger partial charge is 0.309 e. The number of anilines is 3. The van der Waals surface area contributed by atoms with Gasteiger partial charge in [-0.3, -0.25) is 0 Å². The first-order chi connectivity index (χ1) is 28.8. The molecule has 272 valence electrons. The fraction of sp³-hybridized carbons (Fsp3) is 0.0182. The van der Waals surface area contributed by atoms with E-state index in [1.807, 2.05) is 22.7 Å². The van der Waals surface area contributed by atoms with Crippen molar-refractivity contribution in [1.82, 2.24) is 0 Å². The zero-order valence-electron chi connectivity index (χ0n) is 31.5. The molecule has 12 rings (SSSR count). The Morgan fingerprint density at radius 2 is 0.810 bits per heavy atom. The van der Waals surface area contributed by atoms with Crippen LogP contribution in [-0.2, 0) is 6.42 Å². The summed E-state index contributed by atoms with van der Waals surface area (Å²) in [6.07, 6.45) is 0.927. The van der Waals surface area contributed by atoms with Crippen molar-refractivity contribution < 1.29 is 0 Å². The standard InChI is InChI=1S/C55H35NS2/c1-2-13-35(14-3-1)36-27-29-39(30-28-36)56(40-31-32-42-38(34-40)33-37-15-4-5-16-41(37)42)53-45(49-23-11-21-47-43-17-6-8-25-51(43)57-54(47)49)19-10-20-46(53)50-24-12-22-48-44-18-7-9-26-52(44)58-55(48)50/h1-32,34H,33H2. The molecule has 0 spiro atoms. The van der Waals surface area contributed by atoms with Crippen LogP contribution in [0.3, 0.4) is 0 Å². The first-order valence-electron chi connectivity index (χ1n) is 19.9. The van der Waals surface area contributed by atoms with Gasteiger partial charge in [0.2, 0.25) is 0 Å². The number of thiophene rings is 2. The predicted molar refractivity (Wildman–Crippen MR) is 251 cm³/mol. The Balaban J connectivity index is 1.17. The van der Waals surface area contributed by atoms with Crippen molar-refractivity contribution >= 4 is 80.1 Å². The van der Waals surface area contributed by atoms with Crippen LogP contribution in [0.2, 0.25) is 0 Å². The molecule has 0 amide bonds. The van der Waals surface area contributed by atoms with Crippen LogP contribution in [0.5, 0.6) is 0 Å². The average Bonchev–Trinajstić information content (AvgIpc) is 3.98. The third-order valence-electron chi connectivity index (χ3n) is 11.9. The fourth-order valence-electron chi connectivity index (χ4n) is 9.25. The van der Waals surface area contributed by atoms with E-state index in [0.717, 1.165) is 17.8 Å². The van der Waals surface area contributed by atoms with Crippen LogP contribution in [-0.4, -0.2) is 0 Å². The lowest BCUT2D eigenvalue weighted by Gasteiger charge is -2.31. The lowest BCUT2D eigenvalue weighted by molar-refractivity contribution is 1.23. The van der Waals surface area contributed by atoms with Crippen molar-refractivity contribution in [2.45, 2.75) is 6.42 Å². The third-order valence-corrected chi connectivity index (χ3v) is 14.4. The Labute approximate surface area is 345 Å². The molecule has 1 aliphatic carbocycles. The van der Waals surface area contributed by atoms with E-state index in [4.69, 9.17) is 0 Å². The van der Waals surface area contributed by atoms with Crippen LogP contribution in [0.25, 0.3) is 84.9 Å². The predicted octanol–water partition coefficient (Wildman–Crippen LogP) is 16.5. The number of benzene rings is 9. The van der Waals surface area contributed by atoms with Crippen LogP contribution in [0, 0.1) is 0 Å². The van der Waals surface area contributed by atoms with Gasteiger partial charge in [-0.15, -0.1) is 22.7 Å². The van der Waals surface area contributed by atoms with Gasteiger partial charge in [0.15, 0.2) is 0 Å². The summed E-state index contributed by atoms with van der Waals surface area (Å²) >= 11 is 3.79. The molecular formula is C55H35NS2. The molecule has 0 unspecified atom stereocenters. The highest BCUT2D eigenvalue weighted by atomic mass is 32.1. The normalized spacial score (nSPS) is 12.1. The molecule has 2 aromatic heterocycles. The lowest BCUT2D eigenvalue weighted by Crippen LogP contribution is -2.13. The Hall–Kier alpha value is -6.78. The van der Waals surface area contributed by atoms with Gasteiger partial charge >= 0.3 is 0 Å². The lowest BCUT2D eigenvalue weighted by atomic mass is 9.92. The van der Waals surface area contributed by atoms with E-state index in [1.54, 1.807) is 0 Å². The second-order valence-corrected chi connectivity index (χ2v) is 17.3. The highest BCUT2D eigenvalue weighted by molar-refractivity contribution is 7.26. The smallest absolute Gasteiger partial charge is 0.0619 e. The van der Waals surface area contributed by atoms with E-state index < -0.39 is 0 Å². The Morgan fingerprint density at radius 1 is 0.328 bits per heavy atom. The maximum absolute atomic E-state index is 2.54. The van der Waals surface area contributed by atoms with Crippen molar-refractivity contribution in [3.63, 3.8) is 0 Å². The molecule has 0 saturated carbocycles. The number of hydrogen-bond donors (Lipinski definition) is 0. The van der Waals surface area contributed by atoms with Gasteiger partial charge < -0.3 is 4.90 Å². The third kappa shape index (κ3) is 5.28.